The summed E-state index contributed by atoms with van der Waals surface area (Å²) in [7, 11) is 0. The van der Waals surface area contributed by atoms with E-state index in [0.717, 1.165) is 44.6 Å². The second kappa shape index (κ2) is 5.72. The first-order valence-corrected chi connectivity index (χ1v) is 6.93. The molecule has 2 aliphatic rings. The van der Waals surface area contributed by atoms with Crippen LogP contribution in [0.3, 0.4) is 0 Å². The fourth-order valence-electron chi connectivity index (χ4n) is 2.35. The van der Waals surface area contributed by atoms with E-state index in [2.05, 4.69) is 17.4 Å². The van der Waals surface area contributed by atoms with Crippen LogP contribution >= 0.6 is 0 Å². The second-order valence-corrected chi connectivity index (χ2v) is 5.27. The molecule has 98 valence electrons. The van der Waals surface area contributed by atoms with Crippen molar-refractivity contribution in [3.05, 3.63) is 29.8 Å². The Labute approximate surface area is 108 Å². The molecule has 0 bridgehead atoms. The van der Waals surface area contributed by atoms with Crippen LogP contribution in [0.1, 0.15) is 24.3 Å². The first-order chi connectivity index (χ1) is 8.93. The third-order valence-corrected chi connectivity index (χ3v) is 3.66. The molecule has 0 radical (unpaired) electrons. The van der Waals surface area contributed by atoms with Crippen molar-refractivity contribution < 1.29 is 9.47 Å². The molecule has 3 heteroatoms. The number of benzene rings is 1. The van der Waals surface area contributed by atoms with Crippen LogP contribution in [-0.4, -0.2) is 32.9 Å². The Balaban J connectivity index is 1.34. The number of ether oxygens (including phenoxy) is 2. The third-order valence-electron chi connectivity index (χ3n) is 3.66. The Bertz CT molecular complexity index is 390. The van der Waals surface area contributed by atoms with Crippen molar-refractivity contribution in [2.75, 3.05) is 32.9 Å². The lowest BCUT2D eigenvalue weighted by Crippen LogP contribution is -2.26. The fraction of sp³-hybridized carbons (Fsp3) is 0.600. The highest BCUT2D eigenvalue weighted by Gasteiger charge is 2.23. The first kappa shape index (κ1) is 12.0. The summed E-state index contributed by atoms with van der Waals surface area (Å²) in [6, 6.07) is 8.33. The van der Waals surface area contributed by atoms with Gasteiger partial charge in [-0.3, -0.25) is 0 Å². The molecule has 18 heavy (non-hydrogen) atoms. The Kier molecular flexibility index (Phi) is 3.81. The van der Waals surface area contributed by atoms with Crippen LogP contribution < -0.4 is 10.1 Å². The number of nitrogens with one attached hydrogen (secondary N) is 1. The molecule has 1 heterocycles. The molecule has 1 unspecified atom stereocenters. The fourth-order valence-corrected chi connectivity index (χ4v) is 2.35. The van der Waals surface area contributed by atoms with Gasteiger partial charge in [0.2, 0.25) is 0 Å². The molecule has 1 fully saturated rings. The van der Waals surface area contributed by atoms with E-state index in [-0.39, 0.29) is 0 Å². The minimum atomic E-state index is 0.490. The van der Waals surface area contributed by atoms with Gasteiger partial charge in [0.05, 0.1) is 13.2 Å². The lowest BCUT2D eigenvalue weighted by atomic mass is 10.0. The minimum Gasteiger partial charge on any atom is -0.493 e. The van der Waals surface area contributed by atoms with E-state index in [0.29, 0.717) is 5.92 Å². The number of para-hydroxylation sites is 1. The van der Waals surface area contributed by atoms with E-state index in [1.165, 1.54) is 18.4 Å². The lowest BCUT2D eigenvalue weighted by Gasteiger charge is -2.10. The predicted octanol–water partition coefficient (Wildman–Crippen LogP) is 2.18. The second-order valence-electron chi connectivity index (χ2n) is 5.27. The van der Waals surface area contributed by atoms with Gasteiger partial charge >= 0.3 is 0 Å². The molecule has 1 aliphatic heterocycles. The van der Waals surface area contributed by atoms with Crippen molar-refractivity contribution in [3.8, 4) is 5.75 Å². The summed E-state index contributed by atoms with van der Waals surface area (Å²) in [6.07, 6.45) is 2.73. The highest BCUT2D eigenvalue weighted by Crippen LogP contribution is 2.32. The molecule has 1 atom stereocenters. The standard InChI is InChI=1S/C15H21NO2/c1-2-4-15-14(3-1)13(11-18-15)9-16-7-8-17-10-12-5-6-12/h1-4,12-13,16H,5-11H2. The van der Waals surface area contributed by atoms with E-state index in [1.54, 1.807) is 0 Å². The Hall–Kier alpha value is -1.06. The van der Waals surface area contributed by atoms with Gasteiger partial charge in [0.1, 0.15) is 5.75 Å². The molecule has 1 aromatic carbocycles. The van der Waals surface area contributed by atoms with Crippen LogP contribution in [0.15, 0.2) is 24.3 Å². The normalized spacial score (nSPS) is 21.7. The molecule has 1 saturated carbocycles. The number of fused-ring (bicyclic) bond motifs is 1. The van der Waals surface area contributed by atoms with Gasteiger partial charge in [0.15, 0.2) is 0 Å². The zero-order valence-corrected chi connectivity index (χ0v) is 10.7. The predicted molar refractivity (Wildman–Crippen MR) is 71.1 cm³/mol. The molecule has 1 N–H and O–H groups in total. The first-order valence-electron chi connectivity index (χ1n) is 6.93. The Morgan fingerprint density at radius 3 is 3.06 bits per heavy atom. The number of rotatable bonds is 7. The van der Waals surface area contributed by atoms with Crippen LogP contribution in [0.5, 0.6) is 5.75 Å². The number of hydrogen-bond donors (Lipinski definition) is 1. The summed E-state index contributed by atoms with van der Waals surface area (Å²) in [5.74, 6) is 2.40. The Morgan fingerprint density at radius 1 is 1.28 bits per heavy atom. The van der Waals surface area contributed by atoms with Crippen molar-refractivity contribution in [2.24, 2.45) is 5.92 Å². The Morgan fingerprint density at radius 2 is 2.17 bits per heavy atom. The molecular formula is C15H21NO2. The third kappa shape index (κ3) is 3.03. The molecule has 0 saturated heterocycles. The molecule has 1 aliphatic carbocycles. The van der Waals surface area contributed by atoms with Crippen LogP contribution in [0.25, 0.3) is 0 Å². The van der Waals surface area contributed by atoms with Gasteiger partial charge in [-0.25, -0.2) is 0 Å². The largest absolute Gasteiger partial charge is 0.493 e. The highest BCUT2D eigenvalue weighted by atomic mass is 16.5. The van der Waals surface area contributed by atoms with Gasteiger partial charge in [0.25, 0.3) is 0 Å². The van der Waals surface area contributed by atoms with Crippen molar-refractivity contribution in [1.82, 2.24) is 5.32 Å². The summed E-state index contributed by atoms with van der Waals surface area (Å²) in [6.45, 7) is 4.49. The zero-order valence-electron chi connectivity index (χ0n) is 10.7. The highest BCUT2D eigenvalue weighted by molar-refractivity contribution is 5.39. The van der Waals surface area contributed by atoms with Crippen molar-refractivity contribution in [2.45, 2.75) is 18.8 Å². The van der Waals surface area contributed by atoms with Crippen LogP contribution in [0.2, 0.25) is 0 Å². The maximum atomic E-state index is 5.66. The molecule has 0 amide bonds. The summed E-state index contributed by atoms with van der Waals surface area (Å²) in [5, 5.41) is 3.46. The van der Waals surface area contributed by atoms with Gasteiger partial charge in [-0.1, -0.05) is 18.2 Å². The van der Waals surface area contributed by atoms with Crippen molar-refractivity contribution in [1.29, 1.82) is 0 Å². The summed E-state index contributed by atoms with van der Waals surface area (Å²) in [4.78, 5) is 0. The van der Waals surface area contributed by atoms with Gasteiger partial charge in [-0.15, -0.1) is 0 Å². The van der Waals surface area contributed by atoms with Crippen molar-refractivity contribution >= 4 is 0 Å². The summed E-state index contributed by atoms with van der Waals surface area (Å²) < 4.78 is 11.3. The molecule has 0 spiro atoms. The van der Waals surface area contributed by atoms with E-state index in [9.17, 15) is 0 Å². The SMILES string of the molecule is c1ccc2c(c1)OCC2CNCCOCC1CC1. The van der Waals surface area contributed by atoms with Crippen LogP contribution in [0.4, 0.5) is 0 Å². The topological polar surface area (TPSA) is 30.5 Å². The van der Waals surface area contributed by atoms with E-state index >= 15 is 0 Å². The smallest absolute Gasteiger partial charge is 0.122 e. The quantitative estimate of drug-likeness (QED) is 0.749. The molecule has 3 nitrogen and oxygen atoms in total. The lowest BCUT2D eigenvalue weighted by molar-refractivity contribution is 0.126. The van der Waals surface area contributed by atoms with E-state index < -0.39 is 0 Å². The summed E-state index contributed by atoms with van der Waals surface area (Å²) in [5.41, 5.74) is 1.34. The molecular weight excluding hydrogens is 226 g/mol. The molecule has 1 aromatic rings. The van der Waals surface area contributed by atoms with Gasteiger partial charge in [-0.05, 0) is 24.8 Å². The van der Waals surface area contributed by atoms with Crippen molar-refractivity contribution in [3.63, 3.8) is 0 Å². The van der Waals surface area contributed by atoms with E-state index in [1.807, 2.05) is 12.1 Å². The minimum absolute atomic E-state index is 0.490. The maximum Gasteiger partial charge on any atom is 0.122 e. The van der Waals surface area contributed by atoms with Gasteiger partial charge in [-0.2, -0.15) is 0 Å². The summed E-state index contributed by atoms with van der Waals surface area (Å²) >= 11 is 0. The maximum absolute atomic E-state index is 5.66. The zero-order chi connectivity index (χ0) is 12.2. The monoisotopic (exact) mass is 247 g/mol. The molecule has 0 aromatic heterocycles. The van der Waals surface area contributed by atoms with Crippen LogP contribution in [0, 0.1) is 5.92 Å². The average Bonchev–Trinajstić information content (AvgIpc) is 3.14. The van der Waals surface area contributed by atoms with Crippen LogP contribution in [-0.2, 0) is 4.74 Å². The van der Waals surface area contributed by atoms with Gasteiger partial charge in [0, 0.05) is 31.2 Å². The van der Waals surface area contributed by atoms with Gasteiger partial charge < -0.3 is 14.8 Å². The average molecular weight is 247 g/mol. The van der Waals surface area contributed by atoms with E-state index in [4.69, 9.17) is 9.47 Å². The molecule has 3 rings (SSSR count). The number of hydrogen-bond acceptors (Lipinski definition) is 3.